The zero-order valence-corrected chi connectivity index (χ0v) is 7.10. The second-order valence-corrected chi connectivity index (χ2v) is 3.63. The summed E-state index contributed by atoms with van der Waals surface area (Å²) in [5, 5.41) is -0.481. The van der Waals surface area contributed by atoms with Crippen LogP contribution in [0.25, 0.3) is 0 Å². The van der Waals surface area contributed by atoms with E-state index in [0.29, 0.717) is 11.8 Å². The molecule has 2 unspecified atom stereocenters. The highest BCUT2D eigenvalue weighted by Gasteiger charge is 2.42. The first-order valence-electron chi connectivity index (χ1n) is 3.30. The second-order valence-electron chi connectivity index (χ2n) is 2.62. The van der Waals surface area contributed by atoms with Gasteiger partial charge in [-0.1, -0.05) is 6.92 Å². The molecule has 0 radical (unpaired) electrons. The molecule has 0 aromatic carbocycles. The Morgan fingerprint density at radius 3 is 2.09 bits per heavy atom. The fourth-order valence-electron chi connectivity index (χ4n) is 1.11. The van der Waals surface area contributed by atoms with Crippen molar-refractivity contribution in [2.75, 3.05) is 0 Å². The Hall–Kier alpha value is -0.640. The third-order valence-electron chi connectivity index (χ3n) is 1.76. The van der Waals surface area contributed by atoms with E-state index in [0.717, 1.165) is 0 Å². The standard InChI is InChI=1S/C7H8O3S/c1-3-5(4(2)8)7(10)11-6(3)9/h3,5H,1-2H3. The molecular weight excluding hydrogens is 164 g/mol. The van der Waals surface area contributed by atoms with Crippen molar-refractivity contribution < 1.29 is 14.4 Å². The van der Waals surface area contributed by atoms with Gasteiger partial charge in [0.2, 0.25) is 5.12 Å². The molecule has 4 heteroatoms. The Balaban J connectivity index is 2.88. The number of hydrogen-bond acceptors (Lipinski definition) is 4. The third-order valence-corrected chi connectivity index (χ3v) is 2.79. The van der Waals surface area contributed by atoms with Crippen molar-refractivity contribution in [3.63, 3.8) is 0 Å². The summed E-state index contributed by atoms with van der Waals surface area (Å²) in [4.78, 5) is 32.7. The highest BCUT2D eigenvalue weighted by molar-refractivity contribution is 8.26. The number of Topliss-reactive ketones (excluding diaryl/α,β-unsaturated/α-hetero) is 1. The van der Waals surface area contributed by atoms with E-state index >= 15 is 0 Å². The molecule has 1 rings (SSSR count). The Labute approximate surface area is 68.5 Å². The molecule has 0 aromatic heterocycles. The minimum Gasteiger partial charge on any atom is -0.299 e. The van der Waals surface area contributed by atoms with Crippen molar-refractivity contribution in [2.24, 2.45) is 11.8 Å². The van der Waals surface area contributed by atoms with Crippen LogP contribution in [-0.4, -0.2) is 16.0 Å². The fourth-order valence-corrected chi connectivity index (χ4v) is 2.13. The van der Waals surface area contributed by atoms with Crippen molar-refractivity contribution in [3.05, 3.63) is 0 Å². The molecule has 1 saturated heterocycles. The molecule has 0 N–H and O–H groups in total. The van der Waals surface area contributed by atoms with Crippen molar-refractivity contribution in [3.8, 4) is 0 Å². The molecule has 60 valence electrons. The first-order chi connectivity index (χ1) is 5.04. The highest BCUT2D eigenvalue weighted by atomic mass is 32.2. The van der Waals surface area contributed by atoms with E-state index in [1.165, 1.54) is 6.92 Å². The Bertz CT molecular complexity index is 234. The van der Waals surface area contributed by atoms with Gasteiger partial charge in [-0.25, -0.2) is 0 Å². The molecule has 2 atom stereocenters. The maximum Gasteiger partial charge on any atom is 0.207 e. The zero-order valence-electron chi connectivity index (χ0n) is 6.29. The average Bonchev–Trinajstić information content (AvgIpc) is 2.07. The predicted octanol–water partition coefficient (Wildman–Crippen LogP) is 0.628. The van der Waals surface area contributed by atoms with Crippen LogP contribution in [-0.2, 0) is 14.4 Å². The normalized spacial score (nSPS) is 31.1. The van der Waals surface area contributed by atoms with Gasteiger partial charge in [0.05, 0.1) is 5.92 Å². The largest absolute Gasteiger partial charge is 0.299 e. The minimum absolute atomic E-state index is 0.185. The second kappa shape index (κ2) is 2.77. The summed E-state index contributed by atoms with van der Waals surface area (Å²) < 4.78 is 0. The predicted molar refractivity (Wildman–Crippen MR) is 40.9 cm³/mol. The summed E-state index contributed by atoms with van der Waals surface area (Å²) >= 11 is 0.666. The van der Waals surface area contributed by atoms with Crippen LogP contribution in [0.1, 0.15) is 13.8 Å². The van der Waals surface area contributed by atoms with E-state index in [1.807, 2.05) is 0 Å². The monoisotopic (exact) mass is 172 g/mol. The highest BCUT2D eigenvalue weighted by Crippen LogP contribution is 2.33. The summed E-state index contributed by atoms with van der Waals surface area (Å²) in [6.45, 7) is 2.96. The first kappa shape index (κ1) is 8.46. The van der Waals surface area contributed by atoms with Crippen LogP contribution in [0.3, 0.4) is 0 Å². The first-order valence-corrected chi connectivity index (χ1v) is 4.11. The topological polar surface area (TPSA) is 51.2 Å². The molecule has 11 heavy (non-hydrogen) atoms. The number of carbonyl (C=O) groups is 3. The van der Waals surface area contributed by atoms with Gasteiger partial charge >= 0.3 is 0 Å². The van der Waals surface area contributed by atoms with Gasteiger partial charge in [0.1, 0.15) is 5.78 Å². The molecule has 0 spiro atoms. The number of carbonyl (C=O) groups excluding carboxylic acids is 3. The van der Waals surface area contributed by atoms with Crippen LogP contribution >= 0.6 is 11.8 Å². The van der Waals surface area contributed by atoms with E-state index in [2.05, 4.69) is 0 Å². The average molecular weight is 172 g/mol. The molecule has 1 aliphatic heterocycles. The Morgan fingerprint density at radius 1 is 1.36 bits per heavy atom. The molecule has 1 fully saturated rings. The minimum atomic E-state index is -0.688. The lowest BCUT2D eigenvalue weighted by atomic mass is 9.94. The summed E-state index contributed by atoms with van der Waals surface area (Å²) in [6.07, 6.45) is 0. The van der Waals surface area contributed by atoms with Gasteiger partial charge in [0.15, 0.2) is 5.12 Å². The van der Waals surface area contributed by atoms with Crippen LogP contribution in [0.5, 0.6) is 0 Å². The van der Waals surface area contributed by atoms with Crippen molar-refractivity contribution in [2.45, 2.75) is 13.8 Å². The van der Waals surface area contributed by atoms with Crippen LogP contribution in [0.15, 0.2) is 0 Å². The molecule has 1 heterocycles. The number of thioether (sulfide) groups is 1. The molecular formula is C7H8O3S. The third kappa shape index (κ3) is 1.35. The Morgan fingerprint density at radius 2 is 1.91 bits per heavy atom. The van der Waals surface area contributed by atoms with Crippen molar-refractivity contribution in [1.82, 2.24) is 0 Å². The van der Waals surface area contributed by atoms with Gasteiger partial charge in [-0.15, -0.1) is 0 Å². The summed E-state index contributed by atoms with van der Waals surface area (Å²) in [5.41, 5.74) is 0. The molecule has 0 bridgehead atoms. The van der Waals surface area contributed by atoms with Crippen LogP contribution in [0.4, 0.5) is 0 Å². The van der Waals surface area contributed by atoms with E-state index in [4.69, 9.17) is 0 Å². The fraction of sp³-hybridized carbons (Fsp3) is 0.571. The summed E-state index contributed by atoms with van der Waals surface area (Å²) in [5.74, 6) is -1.32. The summed E-state index contributed by atoms with van der Waals surface area (Å²) in [7, 11) is 0. The van der Waals surface area contributed by atoms with E-state index < -0.39 is 11.8 Å². The zero-order chi connectivity index (χ0) is 8.59. The number of hydrogen-bond donors (Lipinski definition) is 0. The van der Waals surface area contributed by atoms with Crippen LogP contribution < -0.4 is 0 Å². The van der Waals surface area contributed by atoms with Gasteiger partial charge in [-0.3, -0.25) is 14.4 Å². The quantitative estimate of drug-likeness (QED) is 0.544. The Kier molecular flexibility index (Phi) is 2.13. The summed E-state index contributed by atoms with van der Waals surface area (Å²) in [6, 6.07) is 0. The van der Waals surface area contributed by atoms with Gasteiger partial charge in [0, 0.05) is 5.92 Å². The van der Waals surface area contributed by atoms with Crippen molar-refractivity contribution in [1.29, 1.82) is 0 Å². The van der Waals surface area contributed by atoms with Gasteiger partial charge in [0.25, 0.3) is 0 Å². The van der Waals surface area contributed by atoms with Crippen LogP contribution in [0, 0.1) is 11.8 Å². The lowest BCUT2D eigenvalue weighted by molar-refractivity contribution is -0.130. The molecule has 0 amide bonds. The molecule has 0 aliphatic carbocycles. The maximum atomic E-state index is 11.0. The maximum absolute atomic E-state index is 11.0. The molecule has 0 aromatic rings. The van der Waals surface area contributed by atoms with Crippen LogP contribution in [0.2, 0.25) is 0 Å². The lowest BCUT2D eigenvalue weighted by Gasteiger charge is -2.05. The van der Waals surface area contributed by atoms with E-state index in [9.17, 15) is 14.4 Å². The van der Waals surface area contributed by atoms with Crippen molar-refractivity contribution >= 4 is 27.8 Å². The molecule has 1 aliphatic rings. The molecule has 0 saturated carbocycles. The van der Waals surface area contributed by atoms with E-state index in [1.54, 1.807) is 6.92 Å². The number of ketones is 1. The molecule has 3 nitrogen and oxygen atoms in total. The number of rotatable bonds is 1. The lowest BCUT2D eigenvalue weighted by Crippen LogP contribution is -2.21. The van der Waals surface area contributed by atoms with E-state index in [-0.39, 0.29) is 16.0 Å². The van der Waals surface area contributed by atoms with Gasteiger partial charge in [-0.2, -0.15) is 0 Å². The smallest absolute Gasteiger partial charge is 0.207 e. The van der Waals surface area contributed by atoms with Gasteiger partial charge < -0.3 is 0 Å². The van der Waals surface area contributed by atoms with Gasteiger partial charge in [-0.05, 0) is 18.7 Å². The SMILES string of the molecule is CC(=O)C1C(=O)SC(=O)C1C.